The van der Waals surface area contributed by atoms with Crippen molar-refractivity contribution in [3.63, 3.8) is 0 Å². The lowest BCUT2D eigenvalue weighted by Crippen LogP contribution is -2.26. The first kappa shape index (κ1) is 16.6. The zero-order chi connectivity index (χ0) is 17.1. The van der Waals surface area contributed by atoms with Crippen LogP contribution in [0.3, 0.4) is 0 Å². The summed E-state index contributed by atoms with van der Waals surface area (Å²) in [6.07, 6.45) is 0. The third kappa shape index (κ3) is 3.45. The summed E-state index contributed by atoms with van der Waals surface area (Å²) in [5.41, 5.74) is 2.27. The molecule has 0 spiro atoms. The van der Waals surface area contributed by atoms with Crippen LogP contribution in [0.25, 0.3) is 11.3 Å². The van der Waals surface area contributed by atoms with Gasteiger partial charge in [0.05, 0.1) is 10.0 Å². The molecule has 0 radical (unpaired) electrons. The summed E-state index contributed by atoms with van der Waals surface area (Å²) in [4.78, 5) is 14.0. The largest absolute Gasteiger partial charge is 0.350 e. The Morgan fingerprint density at radius 1 is 1.12 bits per heavy atom. The third-order valence-corrected chi connectivity index (χ3v) is 4.43. The second-order valence-electron chi connectivity index (χ2n) is 5.32. The summed E-state index contributed by atoms with van der Waals surface area (Å²) in [5.74, 6) is -0.102. The Balaban J connectivity index is 1.77. The highest BCUT2D eigenvalue weighted by molar-refractivity contribution is 6.42. The van der Waals surface area contributed by atoms with Crippen molar-refractivity contribution in [1.82, 2.24) is 10.1 Å². The van der Waals surface area contributed by atoms with Crippen LogP contribution in [0.2, 0.25) is 10.0 Å². The maximum absolute atomic E-state index is 12.5. The van der Waals surface area contributed by atoms with E-state index >= 15 is 0 Å². The summed E-state index contributed by atoms with van der Waals surface area (Å²) in [7, 11) is 1.67. The molecule has 0 saturated heterocycles. The molecule has 6 heteroatoms. The molecule has 2 aromatic carbocycles. The first-order chi connectivity index (χ1) is 11.6. The molecule has 1 heterocycles. The van der Waals surface area contributed by atoms with Gasteiger partial charge in [0.25, 0.3) is 5.91 Å². The SMILES string of the molecule is CN(Cc1cccc(Cl)c1Cl)C(=O)c1cc(-c2ccccc2)no1. The van der Waals surface area contributed by atoms with Crippen LogP contribution in [0.4, 0.5) is 0 Å². The molecule has 0 fully saturated rings. The van der Waals surface area contributed by atoms with E-state index in [-0.39, 0.29) is 11.7 Å². The number of hydrogen-bond acceptors (Lipinski definition) is 3. The van der Waals surface area contributed by atoms with Gasteiger partial charge in [-0.05, 0) is 11.6 Å². The molecular formula is C18H14Cl2N2O2. The molecule has 3 aromatic rings. The molecule has 0 aliphatic rings. The van der Waals surface area contributed by atoms with Crippen LogP contribution in [0, 0.1) is 0 Å². The van der Waals surface area contributed by atoms with Crippen molar-refractivity contribution in [3.05, 3.63) is 76.0 Å². The van der Waals surface area contributed by atoms with Gasteiger partial charge < -0.3 is 9.42 Å². The number of aromatic nitrogens is 1. The molecule has 0 N–H and O–H groups in total. The number of carbonyl (C=O) groups excluding carboxylic acids is 1. The average molecular weight is 361 g/mol. The van der Waals surface area contributed by atoms with Gasteiger partial charge in [-0.3, -0.25) is 4.79 Å². The highest BCUT2D eigenvalue weighted by Crippen LogP contribution is 2.27. The molecule has 3 rings (SSSR count). The fourth-order valence-electron chi connectivity index (χ4n) is 2.31. The number of rotatable bonds is 4. The highest BCUT2D eigenvalue weighted by atomic mass is 35.5. The summed E-state index contributed by atoms with van der Waals surface area (Å²) in [6.45, 7) is 0.319. The minimum absolute atomic E-state index is 0.175. The Labute approximate surface area is 149 Å². The Morgan fingerprint density at radius 2 is 1.88 bits per heavy atom. The van der Waals surface area contributed by atoms with Gasteiger partial charge in [0.15, 0.2) is 0 Å². The van der Waals surface area contributed by atoms with E-state index in [9.17, 15) is 4.79 Å². The lowest BCUT2D eigenvalue weighted by molar-refractivity contribution is 0.0743. The van der Waals surface area contributed by atoms with E-state index in [1.165, 1.54) is 4.90 Å². The highest BCUT2D eigenvalue weighted by Gasteiger charge is 2.19. The van der Waals surface area contributed by atoms with Gasteiger partial charge in [-0.25, -0.2) is 0 Å². The molecular weight excluding hydrogens is 347 g/mol. The van der Waals surface area contributed by atoms with Crippen LogP contribution in [0.15, 0.2) is 59.1 Å². The van der Waals surface area contributed by atoms with Gasteiger partial charge in [0.1, 0.15) is 5.69 Å². The lowest BCUT2D eigenvalue weighted by Gasteiger charge is -2.16. The van der Waals surface area contributed by atoms with Gasteiger partial charge >= 0.3 is 0 Å². The monoisotopic (exact) mass is 360 g/mol. The van der Waals surface area contributed by atoms with Crippen molar-refractivity contribution in [2.75, 3.05) is 7.05 Å². The normalized spacial score (nSPS) is 10.6. The zero-order valence-electron chi connectivity index (χ0n) is 12.9. The molecule has 4 nitrogen and oxygen atoms in total. The fourth-order valence-corrected chi connectivity index (χ4v) is 2.69. The minimum atomic E-state index is -0.277. The molecule has 0 atom stereocenters. The van der Waals surface area contributed by atoms with E-state index < -0.39 is 0 Å². The van der Waals surface area contributed by atoms with Crippen molar-refractivity contribution in [2.24, 2.45) is 0 Å². The fraction of sp³-hybridized carbons (Fsp3) is 0.111. The zero-order valence-corrected chi connectivity index (χ0v) is 14.4. The Hall–Kier alpha value is -2.30. The van der Waals surface area contributed by atoms with Crippen molar-refractivity contribution >= 4 is 29.1 Å². The summed E-state index contributed by atoms with van der Waals surface area (Å²) in [5, 5.41) is 4.86. The molecule has 0 bridgehead atoms. The summed E-state index contributed by atoms with van der Waals surface area (Å²) in [6, 6.07) is 16.5. The standard InChI is InChI=1S/C18H14Cl2N2O2/c1-22(11-13-8-5-9-14(19)17(13)20)18(23)16-10-15(21-24-16)12-6-3-2-4-7-12/h2-10H,11H2,1H3. The molecule has 1 amide bonds. The van der Waals surface area contributed by atoms with E-state index in [0.29, 0.717) is 22.3 Å². The van der Waals surface area contributed by atoms with E-state index in [1.807, 2.05) is 36.4 Å². The Bertz CT molecular complexity index is 862. The Kier molecular flexibility index (Phi) is 4.88. The quantitative estimate of drug-likeness (QED) is 0.663. The van der Waals surface area contributed by atoms with Crippen LogP contribution in [0.1, 0.15) is 16.1 Å². The molecule has 1 aromatic heterocycles. The van der Waals surface area contributed by atoms with Gasteiger partial charge in [-0.2, -0.15) is 0 Å². The van der Waals surface area contributed by atoms with Crippen molar-refractivity contribution in [3.8, 4) is 11.3 Å². The second-order valence-corrected chi connectivity index (χ2v) is 6.10. The summed E-state index contributed by atoms with van der Waals surface area (Å²) >= 11 is 12.2. The number of amides is 1. The molecule has 24 heavy (non-hydrogen) atoms. The van der Waals surface area contributed by atoms with Gasteiger partial charge in [-0.15, -0.1) is 0 Å². The predicted octanol–water partition coefficient (Wildman–Crippen LogP) is 4.92. The number of carbonyl (C=O) groups is 1. The van der Waals surface area contributed by atoms with E-state index in [4.69, 9.17) is 27.7 Å². The van der Waals surface area contributed by atoms with E-state index in [1.54, 1.807) is 25.2 Å². The number of benzene rings is 2. The van der Waals surface area contributed by atoms with Crippen molar-refractivity contribution in [1.29, 1.82) is 0 Å². The van der Waals surface area contributed by atoms with Gasteiger partial charge in [0, 0.05) is 25.2 Å². The number of hydrogen-bond donors (Lipinski definition) is 0. The molecule has 0 aliphatic heterocycles. The molecule has 0 aliphatic carbocycles. The van der Waals surface area contributed by atoms with Crippen LogP contribution in [-0.2, 0) is 6.54 Å². The van der Waals surface area contributed by atoms with Crippen LogP contribution in [0.5, 0.6) is 0 Å². The maximum atomic E-state index is 12.5. The van der Waals surface area contributed by atoms with Gasteiger partial charge in [-0.1, -0.05) is 70.8 Å². The van der Waals surface area contributed by atoms with Crippen LogP contribution >= 0.6 is 23.2 Å². The lowest BCUT2D eigenvalue weighted by atomic mass is 10.1. The van der Waals surface area contributed by atoms with Crippen molar-refractivity contribution in [2.45, 2.75) is 6.54 Å². The number of halogens is 2. The summed E-state index contributed by atoms with van der Waals surface area (Å²) < 4.78 is 5.19. The van der Waals surface area contributed by atoms with Crippen LogP contribution in [-0.4, -0.2) is 23.0 Å². The predicted molar refractivity (Wildman–Crippen MR) is 94.2 cm³/mol. The topological polar surface area (TPSA) is 46.3 Å². The molecule has 122 valence electrons. The Morgan fingerprint density at radius 3 is 2.62 bits per heavy atom. The van der Waals surface area contributed by atoms with Crippen molar-refractivity contribution < 1.29 is 9.32 Å². The van der Waals surface area contributed by atoms with E-state index in [0.717, 1.165) is 11.1 Å². The average Bonchev–Trinajstić information content (AvgIpc) is 3.09. The smallest absolute Gasteiger partial charge is 0.292 e. The second kappa shape index (κ2) is 7.07. The van der Waals surface area contributed by atoms with Gasteiger partial charge in [0.2, 0.25) is 5.76 Å². The van der Waals surface area contributed by atoms with Crippen LogP contribution < -0.4 is 0 Å². The first-order valence-corrected chi connectivity index (χ1v) is 8.02. The molecule has 0 unspecified atom stereocenters. The number of nitrogens with zero attached hydrogens (tertiary/aromatic N) is 2. The minimum Gasteiger partial charge on any atom is -0.350 e. The first-order valence-electron chi connectivity index (χ1n) is 7.27. The van der Waals surface area contributed by atoms with E-state index in [2.05, 4.69) is 5.16 Å². The maximum Gasteiger partial charge on any atom is 0.292 e. The third-order valence-electron chi connectivity index (χ3n) is 3.58. The molecule has 0 saturated carbocycles.